The molecule has 0 saturated heterocycles. The van der Waals surface area contributed by atoms with E-state index >= 15 is 0 Å². The van der Waals surface area contributed by atoms with Gasteiger partial charge in [0.15, 0.2) is 0 Å². The van der Waals surface area contributed by atoms with Crippen LogP contribution in [0, 0.1) is 0 Å². The quantitative estimate of drug-likeness (QED) is 0.578. The van der Waals surface area contributed by atoms with Crippen LogP contribution in [0.4, 0.5) is 0 Å². The van der Waals surface area contributed by atoms with Crippen molar-refractivity contribution in [3.63, 3.8) is 0 Å². The van der Waals surface area contributed by atoms with Crippen LogP contribution in [0.5, 0.6) is 0 Å². The molecule has 1 heterocycles. The second-order valence-corrected chi connectivity index (χ2v) is 3.41. The van der Waals surface area contributed by atoms with Crippen LogP contribution in [0.1, 0.15) is 5.76 Å². The molecule has 0 radical (unpaired) electrons. The molecule has 76 valence electrons. The smallest absolute Gasteiger partial charge is 0.465 e. The number of hydrogen-bond acceptors (Lipinski definition) is 4. The largest absolute Gasteiger partial charge is 0.527 e. The van der Waals surface area contributed by atoms with Gasteiger partial charge in [-0.1, -0.05) is 0 Å². The van der Waals surface area contributed by atoms with Gasteiger partial charge in [0.1, 0.15) is 5.76 Å². The van der Waals surface area contributed by atoms with E-state index in [9.17, 15) is 9.36 Å². The average Bonchev–Trinajstić information content (AvgIpc) is 2.49. The Morgan fingerprint density at radius 1 is 1.57 bits per heavy atom. The van der Waals surface area contributed by atoms with Crippen molar-refractivity contribution in [1.82, 2.24) is 0 Å². The van der Waals surface area contributed by atoms with Gasteiger partial charge in [0.25, 0.3) is 0 Å². The van der Waals surface area contributed by atoms with Crippen LogP contribution >= 0.6 is 7.82 Å². The van der Waals surface area contributed by atoms with Gasteiger partial charge in [-0.05, 0) is 18.2 Å². The molecular formula is C7H7O6P. The van der Waals surface area contributed by atoms with Gasteiger partial charge in [-0.25, -0.2) is 9.36 Å². The van der Waals surface area contributed by atoms with Gasteiger partial charge >= 0.3 is 13.8 Å². The SMILES string of the molecule is O=C(C=Cc1ccco1)OP(=O)(O)O. The summed E-state index contributed by atoms with van der Waals surface area (Å²) in [5, 5.41) is 0. The highest BCUT2D eigenvalue weighted by molar-refractivity contribution is 7.46. The number of furan rings is 1. The molecule has 0 amide bonds. The zero-order chi connectivity index (χ0) is 10.6. The molecule has 0 spiro atoms. The summed E-state index contributed by atoms with van der Waals surface area (Å²) in [6.07, 6.45) is 3.49. The molecule has 0 aromatic carbocycles. The van der Waals surface area contributed by atoms with E-state index in [1.165, 1.54) is 12.3 Å². The molecule has 0 aliphatic heterocycles. The van der Waals surface area contributed by atoms with Crippen LogP contribution in [0.15, 0.2) is 28.9 Å². The first kappa shape index (κ1) is 10.7. The van der Waals surface area contributed by atoms with Crippen LogP contribution in [-0.2, 0) is 13.9 Å². The van der Waals surface area contributed by atoms with E-state index in [0.717, 1.165) is 6.08 Å². The molecule has 0 saturated carbocycles. The van der Waals surface area contributed by atoms with E-state index in [1.807, 2.05) is 0 Å². The van der Waals surface area contributed by atoms with Gasteiger partial charge in [0.2, 0.25) is 0 Å². The van der Waals surface area contributed by atoms with Crippen molar-refractivity contribution >= 4 is 19.9 Å². The minimum absolute atomic E-state index is 0.382. The first-order chi connectivity index (χ1) is 6.47. The second kappa shape index (κ2) is 4.23. The Labute approximate surface area is 79.0 Å². The summed E-state index contributed by atoms with van der Waals surface area (Å²) in [7, 11) is -4.76. The lowest BCUT2D eigenvalue weighted by atomic mass is 10.4. The van der Waals surface area contributed by atoms with Gasteiger partial charge in [0, 0.05) is 6.08 Å². The van der Waals surface area contributed by atoms with E-state index in [-0.39, 0.29) is 0 Å². The van der Waals surface area contributed by atoms with Crippen molar-refractivity contribution in [3.8, 4) is 0 Å². The minimum Gasteiger partial charge on any atom is -0.465 e. The third-order valence-corrected chi connectivity index (χ3v) is 1.55. The Bertz CT molecular complexity index is 373. The third kappa shape index (κ3) is 4.04. The van der Waals surface area contributed by atoms with Gasteiger partial charge in [0.05, 0.1) is 6.26 Å². The van der Waals surface area contributed by atoms with Crippen LogP contribution < -0.4 is 0 Å². The Morgan fingerprint density at radius 3 is 2.79 bits per heavy atom. The summed E-state index contributed by atoms with van der Waals surface area (Å²) in [5.41, 5.74) is 0. The fraction of sp³-hybridized carbons (Fsp3) is 0. The number of carbonyl (C=O) groups is 1. The monoisotopic (exact) mass is 218 g/mol. The van der Waals surface area contributed by atoms with Crippen molar-refractivity contribution < 1.29 is 28.1 Å². The zero-order valence-electron chi connectivity index (χ0n) is 6.86. The Balaban J connectivity index is 2.54. The van der Waals surface area contributed by atoms with E-state index in [0.29, 0.717) is 5.76 Å². The molecule has 0 bridgehead atoms. The molecule has 0 aliphatic carbocycles. The minimum atomic E-state index is -4.76. The van der Waals surface area contributed by atoms with Crippen LogP contribution in [0.25, 0.3) is 6.08 Å². The predicted molar refractivity (Wildman–Crippen MR) is 45.9 cm³/mol. The van der Waals surface area contributed by atoms with Gasteiger partial charge in [-0.2, -0.15) is 0 Å². The summed E-state index contributed by atoms with van der Waals surface area (Å²) >= 11 is 0. The Kier molecular flexibility index (Phi) is 3.24. The second-order valence-electron chi connectivity index (χ2n) is 2.25. The molecule has 2 N–H and O–H groups in total. The van der Waals surface area contributed by atoms with Gasteiger partial charge in [-0.3, -0.25) is 9.79 Å². The topological polar surface area (TPSA) is 97.0 Å². The first-order valence-corrected chi connectivity index (χ1v) is 5.01. The number of phosphoric ester groups is 1. The maximum atomic E-state index is 10.7. The number of hydrogen-bond donors (Lipinski definition) is 2. The van der Waals surface area contributed by atoms with Crippen molar-refractivity contribution in [2.45, 2.75) is 0 Å². The standard InChI is InChI=1S/C7H7O6P/c8-7(13-14(9,10)11)4-3-6-2-1-5-12-6/h1-5H,(H2,9,10,11). The first-order valence-electron chi connectivity index (χ1n) is 3.48. The average molecular weight is 218 g/mol. The maximum absolute atomic E-state index is 10.7. The van der Waals surface area contributed by atoms with Crippen LogP contribution in [0.3, 0.4) is 0 Å². The molecule has 1 rings (SSSR count). The highest BCUT2D eigenvalue weighted by Gasteiger charge is 2.18. The van der Waals surface area contributed by atoms with Crippen molar-refractivity contribution in [3.05, 3.63) is 30.2 Å². The molecule has 0 atom stereocenters. The summed E-state index contributed by atoms with van der Waals surface area (Å²) in [6, 6.07) is 3.18. The van der Waals surface area contributed by atoms with Crippen molar-refractivity contribution in [1.29, 1.82) is 0 Å². The van der Waals surface area contributed by atoms with E-state index in [4.69, 9.17) is 14.2 Å². The van der Waals surface area contributed by atoms with E-state index in [1.54, 1.807) is 12.1 Å². The normalized spacial score (nSPS) is 11.9. The van der Waals surface area contributed by atoms with E-state index < -0.39 is 13.8 Å². The molecule has 0 aliphatic rings. The van der Waals surface area contributed by atoms with Gasteiger partial charge in [-0.15, -0.1) is 0 Å². The molecule has 14 heavy (non-hydrogen) atoms. The van der Waals surface area contributed by atoms with Crippen LogP contribution in [0.2, 0.25) is 0 Å². The highest BCUT2D eigenvalue weighted by Crippen LogP contribution is 2.35. The molecule has 1 aromatic rings. The molecule has 6 nitrogen and oxygen atoms in total. The molecule has 7 heteroatoms. The molecule has 0 fully saturated rings. The zero-order valence-corrected chi connectivity index (χ0v) is 7.76. The number of carbonyl (C=O) groups excluding carboxylic acids is 1. The Hall–Kier alpha value is -1.36. The van der Waals surface area contributed by atoms with Crippen LogP contribution in [-0.4, -0.2) is 15.8 Å². The van der Waals surface area contributed by atoms with E-state index in [2.05, 4.69) is 4.52 Å². The van der Waals surface area contributed by atoms with Crippen molar-refractivity contribution in [2.24, 2.45) is 0 Å². The summed E-state index contributed by atoms with van der Waals surface area (Å²) < 4.78 is 18.8. The number of rotatable bonds is 3. The lowest BCUT2D eigenvalue weighted by Crippen LogP contribution is -1.97. The lowest BCUT2D eigenvalue weighted by Gasteiger charge is -2.00. The van der Waals surface area contributed by atoms with Crippen molar-refractivity contribution in [2.75, 3.05) is 0 Å². The summed E-state index contributed by atoms with van der Waals surface area (Å²) in [6.45, 7) is 0. The highest BCUT2D eigenvalue weighted by atomic mass is 31.2. The maximum Gasteiger partial charge on any atom is 0.527 e. The third-order valence-electron chi connectivity index (χ3n) is 1.14. The van der Waals surface area contributed by atoms with Gasteiger partial charge < -0.3 is 8.94 Å². The summed E-state index contributed by atoms with van der Waals surface area (Å²) in [4.78, 5) is 27.2. The Morgan fingerprint density at radius 2 is 2.29 bits per heavy atom. The predicted octanol–water partition coefficient (Wildman–Crippen LogP) is 0.929. The summed E-state index contributed by atoms with van der Waals surface area (Å²) in [5.74, 6) is -0.748. The molecule has 0 unspecified atom stereocenters. The number of phosphoric acid groups is 1. The fourth-order valence-corrected chi connectivity index (χ4v) is 0.979. The fourth-order valence-electron chi connectivity index (χ4n) is 0.684. The lowest BCUT2D eigenvalue weighted by molar-refractivity contribution is -0.130. The molecule has 1 aromatic heterocycles. The molecular weight excluding hydrogens is 211 g/mol.